The molecule has 1 aliphatic heterocycles. The third-order valence-electron chi connectivity index (χ3n) is 5.87. The molecular formula is C30H26Cl2N2O2. The summed E-state index contributed by atoms with van der Waals surface area (Å²) in [5.74, 6) is 1.59. The molecule has 0 fully saturated rings. The predicted octanol–water partition coefficient (Wildman–Crippen LogP) is 8.18. The van der Waals surface area contributed by atoms with Gasteiger partial charge in [-0.1, -0.05) is 90.0 Å². The second kappa shape index (κ2) is 11.5. The van der Waals surface area contributed by atoms with Crippen LogP contribution in [-0.4, -0.2) is 18.2 Å². The summed E-state index contributed by atoms with van der Waals surface area (Å²) in [4.78, 5) is 2.41. The van der Waals surface area contributed by atoms with E-state index in [-0.39, 0.29) is 6.79 Å². The van der Waals surface area contributed by atoms with Gasteiger partial charge in [0, 0.05) is 41.1 Å². The standard InChI is InChI=1S/C30H26Cl2N2O2/c31-25-16-26(32)18-27(17-25)33-28-11-5-4-10-24(28)20-34(19-23-7-2-1-3-8-23)14-6-9-22-12-13-29-30(15-22)36-21-35-29/h1-13,15-18,33H,14,19-21H2/b9-6+. The smallest absolute Gasteiger partial charge is 0.231 e. The number of nitrogens with zero attached hydrogens (tertiary/aromatic N) is 1. The summed E-state index contributed by atoms with van der Waals surface area (Å²) < 4.78 is 10.9. The largest absolute Gasteiger partial charge is 0.454 e. The maximum absolute atomic E-state index is 6.21. The highest BCUT2D eigenvalue weighted by Gasteiger charge is 2.13. The zero-order chi connectivity index (χ0) is 24.7. The summed E-state index contributed by atoms with van der Waals surface area (Å²) in [7, 11) is 0. The summed E-state index contributed by atoms with van der Waals surface area (Å²) in [6, 6.07) is 30.3. The first kappa shape index (κ1) is 24.3. The predicted molar refractivity (Wildman–Crippen MR) is 148 cm³/mol. The molecule has 0 aromatic heterocycles. The Morgan fingerprint density at radius 3 is 2.36 bits per heavy atom. The molecule has 36 heavy (non-hydrogen) atoms. The van der Waals surface area contributed by atoms with Crippen LogP contribution < -0.4 is 14.8 Å². The van der Waals surface area contributed by atoms with E-state index in [2.05, 4.69) is 64.8 Å². The molecule has 0 saturated carbocycles. The molecule has 6 heteroatoms. The van der Waals surface area contributed by atoms with Crippen molar-refractivity contribution in [1.29, 1.82) is 0 Å². The molecule has 0 atom stereocenters. The first-order chi connectivity index (χ1) is 17.6. The maximum atomic E-state index is 6.21. The number of para-hydroxylation sites is 1. The van der Waals surface area contributed by atoms with Crippen molar-refractivity contribution in [3.8, 4) is 11.5 Å². The number of halogens is 2. The zero-order valence-electron chi connectivity index (χ0n) is 19.7. The van der Waals surface area contributed by atoms with Gasteiger partial charge in [0.15, 0.2) is 11.5 Å². The molecular weight excluding hydrogens is 491 g/mol. The monoisotopic (exact) mass is 516 g/mol. The number of nitrogens with one attached hydrogen (secondary N) is 1. The lowest BCUT2D eigenvalue weighted by Gasteiger charge is -2.23. The summed E-state index contributed by atoms with van der Waals surface area (Å²) in [6.45, 7) is 2.64. The molecule has 0 aliphatic carbocycles. The molecule has 0 amide bonds. The summed E-state index contributed by atoms with van der Waals surface area (Å²) >= 11 is 12.4. The van der Waals surface area contributed by atoms with Crippen LogP contribution in [0.25, 0.3) is 6.08 Å². The number of fused-ring (bicyclic) bond motifs is 1. The van der Waals surface area contributed by atoms with Crippen LogP contribution in [0, 0.1) is 0 Å². The number of anilines is 2. The summed E-state index contributed by atoms with van der Waals surface area (Å²) in [5, 5.41) is 4.69. The molecule has 0 unspecified atom stereocenters. The quantitative estimate of drug-likeness (QED) is 0.243. The SMILES string of the molecule is Clc1cc(Cl)cc(Nc2ccccc2CN(C/C=C/c2ccc3c(c2)OCO3)Cc2ccccc2)c1. The topological polar surface area (TPSA) is 33.7 Å². The van der Waals surface area contributed by atoms with Crippen LogP contribution in [-0.2, 0) is 13.1 Å². The second-order valence-electron chi connectivity index (χ2n) is 8.61. The van der Waals surface area contributed by atoms with Crippen LogP contribution in [0.3, 0.4) is 0 Å². The van der Waals surface area contributed by atoms with Gasteiger partial charge in [-0.25, -0.2) is 0 Å². The fraction of sp³-hybridized carbons (Fsp3) is 0.133. The van der Waals surface area contributed by atoms with Crippen LogP contribution in [0.5, 0.6) is 11.5 Å². The Balaban J connectivity index is 1.34. The van der Waals surface area contributed by atoms with Crippen molar-refractivity contribution in [3.63, 3.8) is 0 Å². The van der Waals surface area contributed by atoms with E-state index in [0.717, 1.165) is 48.1 Å². The van der Waals surface area contributed by atoms with Gasteiger partial charge in [-0.05, 0) is 53.1 Å². The third-order valence-corrected chi connectivity index (χ3v) is 6.31. The van der Waals surface area contributed by atoms with E-state index in [1.165, 1.54) is 11.1 Å². The van der Waals surface area contributed by atoms with Crippen molar-refractivity contribution in [2.75, 3.05) is 18.7 Å². The van der Waals surface area contributed by atoms with Crippen LogP contribution in [0.2, 0.25) is 10.0 Å². The van der Waals surface area contributed by atoms with Gasteiger partial charge in [0.25, 0.3) is 0 Å². The molecule has 5 rings (SSSR count). The van der Waals surface area contributed by atoms with Crippen molar-refractivity contribution in [2.45, 2.75) is 13.1 Å². The number of benzene rings is 4. The van der Waals surface area contributed by atoms with Crippen LogP contribution in [0.15, 0.2) is 97.1 Å². The molecule has 0 bridgehead atoms. The van der Waals surface area contributed by atoms with Crippen molar-refractivity contribution in [3.05, 3.63) is 124 Å². The van der Waals surface area contributed by atoms with Gasteiger partial charge >= 0.3 is 0 Å². The minimum absolute atomic E-state index is 0.280. The summed E-state index contributed by atoms with van der Waals surface area (Å²) in [6.07, 6.45) is 4.31. The number of rotatable bonds is 9. The van der Waals surface area contributed by atoms with Crippen molar-refractivity contribution in [1.82, 2.24) is 4.90 Å². The van der Waals surface area contributed by atoms with Crippen LogP contribution >= 0.6 is 23.2 Å². The third kappa shape index (κ3) is 6.41. The van der Waals surface area contributed by atoms with E-state index in [9.17, 15) is 0 Å². The molecule has 1 heterocycles. The molecule has 4 aromatic rings. The van der Waals surface area contributed by atoms with Gasteiger partial charge in [-0.3, -0.25) is 4.90 Å². The number of ether oxygens (including phenoxy) is 2. The first-order valence-electron chi connectivity index (χ1n) is 11.8. The molecule has 182 valence electrons. The Hall–Kier alpha value is -3.44. The van der Waals surface area contributed by atoms with E-state index in [0.29, 0.717) is 10.0 Å². The van der Waals surface area contributed by atoms with Gasteiger partial charge in [-0.15, -0.1) is 0 Å². The molecule has 0 radical (unpaired) electrons. The normalized spacial score (nSPS) is 12.4. The fourth-order valence-electron chi connectivity index (χ4n) is 4.18. The maximum Gasteiger partial charge on any atom is 0.231 e. The summed E-state index contributed by atoms with van der Waals surface area (Å²) in [5.41, 5.74) is 5.41. The van der Waals surface area contributed by atoms with Crippen molar-refractivity contribution < 1.29 is 9.47 Å². The van der Waals surface area contributed by atoms with Crippen molar-refractivity contribution in [2.24, 2.45) is 0 Å². The Labute approximate surface area is 221 Å². The fourth-order valence-corrected chi connectivity index (χ4v) is 4.71. The highest BCUT2D eigenvalue weighted by atomic mass is 35.5. The molecule has 0 saturated heterocycles. The molecule has 1 aliphatic rings. The molecule has 1 N–H and O–H groups in total. The molecule has 4 nitrogen and oxygen atoms in total. The lowest BCUT2D eigenvalue weighted by atomic mass is 10.1. The van der Waals surface area contributed by atoms with Crippen LogP contribution in [0.1, 0.15) is 16.7 Å². The zero-order valence-corrected chi connectivity index (χ0v) is 21.2. The minimum atomic E-state index is 0.280. The van der Waals surface area contributed by atoms with E-state index < -0.39 is 0 Å². The lowest BCUT2D eigenvalue weighted by Crippen LogP contribution is -2.23. The first-order valence-corrected chi connectivity index (χ1v) is 12.5. The lowest BCUT2D eigenvalue weighted by molar-refractivity contribution is 0.174. The van der Waals surface area contributed by atoms with Gasteiger partial charge in [0.2, 0.25) is 6.79 Å². The van der Waals surface area contributed by atoms with Gasteiger partial charge in [-0.2, -0.15) is 0 Å². The Bertz CT molecular complexity index is 1340. The Morgan fingerprint density at radius 1 is 0.778 bits per heavy atom. The average Bonchev–Trinajstić information content (AvgIpc) is 3.33. The van der Waals surface area contributed by atoms with Gasteiger partial charge < -0.3 is 14.8 Å². The van der Waals surface area contributed by atoms with Crippen molar-refractivity contribution >= 4 is 40.7 Å². The number of hydrogen-bond acceptors (Lipinski definition) is 4. The van der Waals surface area contributed by atoms with Gasteiger partial charge in [0.05, 0.1) is 0 Å². The minimum Gasteiger partial charge on any atom is -0.454 e. The Kier molecular flexibility index (Phi) is 7.77. The number of hydrogen-bond donors (Lipinski definition) is 1. The van der Waals surface area contributed by atoms with E-state index in [4.69, 9.17) is 32.7 Å². The Morgan fingerprint density at radius 2 is 1.53 bits per heavy atom. The van der Waals surface area contributed by atoms with E-state index in [1.54, 1.807) is 6.07 Å². The van der Waals surface area contributed by atoms with Crippen LogP contribution in [0.4, 0.5) is 11.4 Å². The van der Waals surface area contributed by atoms with E-state index >= 15 is 0 Å². The molecule has 4 aromatic carbocycles. The highest BCUT2D eigenvalue weighted by molar-refractivity contribution is 6.35. The van der Waals surface area contributed by atoms with Gasteiger partial charge in [0.1, 0.15) is 0 Å². The molecule has 0 spiro atoms. The second-order valence-corrected chi connectivity index (χ2v) is 9.48. The average molecular weight is 517 g/mol. The van der Waals surface area contributed by atoms with E-state index in [1.807, 2.05) is 42.5 Å². The highest BCUT2D eigenvalue weighted by Crippen LogP contribution is 2.33.